The van der Waals surface area contributed by atoms with E-state index in [1.165, 1.54) is 12.1 Å². The van der Waals surface area contributed by atoms with E-state index in [-0.39, 0.29) is 28.0 Å². The van der Waals surface area contributed by atoms with Gasteiger partial charge in [-0.25, -0.2) is 4.79 Å². The highest BCUT2D eigenvalue weighted by atomic mass is 16.4. The first-order valence-corrected chi connectivity index (χ1v) is 9.24. The van der Waals surface area contributed by atoms with Gasteiger partial charge in [0, 0.05) is 0 Å². The van der Waals surface area contributed by atoms with Gasteiger partial charge in [0.1, 0.15) is 5.75 Å². The van der Waals surface area contributed by atoms with Crippen LogP contribution in [0.4, 0.5) is 5.69 Å². The monoisotopic (exact) mass is 389 g/mol. The Morgan fingerprint density at radius 2 is 1.52 bits per heavy atom. The molecule has 3 N–H and O–H groups in total. The van der Waals surface area contributed by atoms with E-state index in [1.807, 2.05) is 51.1 Å². The number of hydrogen-bond acceptors (Lipinski definition) is 3. The van der Waals surface area contributed by atoms with Crippen LogP contribution >= 0.6 is 0 Å². The molecular formula is C24H23NO4. The van der Waals surface area contributed by atoms with Crippen molar-refractivity contribution in [2.75, 3.05) is 5.32 Å². The number of carbonyl (C=O) groups is 2. The third kappa shape index (κ3) is 4.46. The highest BCUT2D eigenvalue weighted by molar-refractivity contribution is 6.09. The van der Waals surface area contributed by atoms with Crippen molar-refractivity contribution in [1.29, 1.82) is 0 Å². The lowest BCUT2D eigenvalue weighted by atomic mass is 9.86. The van der Waals surface area contributed by atoms with Crippen LogP contribution in [0.2, 0.25) is 0 Å². The molecule has 0 spiro atoms. The van der Waals surface area contributed by atoms with Gasteiger partial charge in [-0.15, -0.1) is 0 Å². The summed E-state index contributed by atoms with van der Waals surface area (Å²) in [5.74, 6) is -1.87. The van der Waals surface area contributed by atoms with Crippen LogP contribution < -0.4 is 5.32 Å². The Bertz CT molecular complexity index is 1070. The third-order valence-electron chi connectivity index (χ3n) is 4.71. The fourth-order valence-electron chi connectivity index (χ4n) is 3.02. The number of aromatic carboxylic acids is 1. The van der Waals surface area contributed by atoms with Gasteiger partial charge in [0.25, 0.3) is 5.91 Å². The number of anilines is 1. The molecule has 3 aromatic carbocycles. The highest BCUT2D eigenvalue weighted by Crippen LogP contribution is 2.30. The average molecular weight is 389 g/mol. The van der Waals surface area contributed by atoms with Crippen LogP contribution in [0.1, 0.15) is 47.1 Å². The van der Waals surface area contributed by atoms with E-state index < -0.39 is 11.9 Å². The maximum atomic E-state index is 12.9. The molecule has 0 saturated heterocycles. The predicted molar refractivity (Wildman–Crippen MR) is 114 cm³/mol. The molecule has 5 heteroatoms. The van der Waals surface area contributed by atoms with E-state index in [0.29, 0.717) is 0 Å². The fourth-order valence-corrected chi connectivity index (χ4v) is 3.02. The molecule has 0 saturated carbocycles. The summed E-state index contributed by atoms with van der Waals surface area (Å²) >= 11 is 0. The van der Waals surface area contributed by atoms with E-state index in [1.54, 1.807) is 24.3 Å². The van der Waals surface area contributed by atoms with Crippen LogP contribution in [0.5, 0.6) is 5.75 Å². The number of hydrogen-bond donors (Lipinski definition) is 3. The molecular weight excluding hydrogens is 366 g/mol. The maximum Gasteiger partial charge on any atom is 0.337 e. The van der Waals surface area contributed by atoms with Crippen LogP contribution in [0.25, 0.3) is 11.1 Å². The molecule has 0 atom stereocenters. The van der Waals surface area contributed by atoms with Gasteiger partial charge in [-0.2, -0.15) is 0 Å². The van der Waals surface area contributed by atoms with Crippen molar-refractivity contribution in [3.8, 4) is 16.9 Å². The van der Waals surface area contributed by atoms with Crippen LogP contribution in [0.15, 0.2) is 66.7 Å². The van der Waals surface area contributed by atoms with Gasteiger partial charge < -0.3 is 15.5 Å². The summed E-state index contributed by atoms with van der Waals surface area (Å²) in [6.07, 6.45) is 0. The quantitative estimate of drug-likeness (QED) is 0.564. The van der Waals surface area contributed by atoms with Crippen molar-refractivity contribution in [3.05, 3.63) is 83.4 Å². The van der Waals surface area contributed by atoms with Gasteiger partial charge >= 0.3 is 5.97 Å². The van der Waals surface area contributed by atoms with E-state index >= 15 is 0 Å². The minimum atomic E-state index is -1.15. The second-order valence-electron chi connectivity index (χ2n) is 7.87. The van der Waals surface area contributed by atoms with Crippen LogP contribution in [0, 0.1) is 0 Å². The van der Waals surface area contributed by atoms with Crippen LogP contribution in [-0.4, -0.2) is 22.1 Å². The van der Waals surface area contributed by atoms with E-state index in [0.717, 1.165) is 16.7 Å². The molecule has 0 radical (unpaired) electrons. The number of aromatic hydroxyl groups is 1. The SMILES string of the molecule is CC(C)(C)c1ccc(O)c(C(=O)Nc2cc(-c3ccccc3)ccc2C(=O)O)c1. The van der Waals surface area contributed by atoms with Crippen molar-refractivity contribution in [3.63, 3.8) is 0 Å². The Hall–Kier alpha value is -3.60. The molecule has 0 fully saturated rings. The Balaban J connectivity index is 2.01. The molecule has 0 aliphatic carbocycles. The summed E-state index contributed by atoms with van der Waals surface area (Å²) in [5, 5.41) is 22.4. The van der Waals surface area contributed by atoms with Gasteiger partial charge in [-0.1, -0.05) is 63.2 Å². The Morgan fingerprint density at radius 1 is 0.828 bits per heavy atom. The van der Waals surface area contributed by atoms with Gasteiger partial charge in [-0.05, 0) is 46.4 Å². The lowest BCUT2D eigenvalue weighted by Gasteiger charge is -2.20. The molecule has 0 aliphatic heterocycles. The largest absolute Gasteiger partial charge is 0.507 e. The molecule has 3 rings (SSSR count). The number of amides is 1. The molecule has 0 aliphatic rings. The Kier molecular flexibility index (Phi) is 5.41. The van der Waals surface area contributed by atoms with Crippen molar-refractivity contribution in [1.82, 2.24) is 0 Å². The Labute approximate surface area is 169 Å². The molecule has 148 valence electrons. The number of carboxylic acid groups (broad SMARTS) is 1. The number of benzene rings is 3. The van der Waals surface area contributed by atoms with E-state index in [2.05, 4.69) is 5.32 Å². The first kappa shape index (κ1) is 20.1. The number of phenols is 1. The molecule has 0 aromatic heterocycles. The van der Waals surface area contributed by atoms with Gasteiger partial charge in [0.15, 0.2) is 0 Å². The number of rotatable bonds is 4. The first-order valence-electron chi connectivity index (χ1n) is 9.24. The van der Waals surface area contributed by atoms with Crippen molar-refractivity contribution in [2.24, 2.45) is 0 Å². The van der Waals surface area contributed by atoms with Gasteiger partial charge in [-0.3, -0.25) is 4.79 Å². The van der Waals surface area contributed by atoms with Crippen molar-refractivity contribution in [2.45, 2.75) is 26.2 Å². The van der Waals surface area contributed by atoms with Crippen molar-refractivity contribution < 1.29 is 19.8 Å². The summed E-state index contributed by atoms with van der Waals surface area (Å²) in [5.41, 5.74) is 2.60. The van der Waals surface area contributed by atoms with Crippen LogP contribution in [0.3, 0.4) is 0 Å². The standard InChI is InChI=1S/C24H23NO4/c1-24(2,3)17-10-12-21(26)19(14-17)22(27)25-20-13-16(9-11-18(20)23(28)29)15-7-5-4-6-8-15/h4-14,26H,1-3H3,(H,25,27)(H,28,29). The summed E-state index contributed by atoms with van der Waals surface area (Å²) in [6.45, 7) is 6.02. The predicted octanol–water partition coefficient (Wildman–Crippen LogP) is 5.31. The van der Waals surface area contributed by atoms with Crippen molar-refractivity contribution >= 4 is 17.6 Å². The zero-order chi connectivity index (χ0) is 21.2. The number of carbonyl (C=O) groups excluding carboxylic acids is 1. The zero-order valence-corrected chi connectivity index (χ0v) is 16.6. The van der Waals surface area contributed by atoms with E-state index in [4.69, 9.17) is 0 Å². The summed E-state index contributed by atoms with van der Waals surface area (Å²) in [6, 6.07) is 19.1. The molecule has 0 unspecified atom stereocenters. The normalized spacial score (nSPS) is 11.1. The summed E-state index contributed by atoms with van der Waals surface area (Å²) in [4.78, 5) is 24.5. The third-order valence-corrected chi connectivity index (χ3v) is 4.71. The molecule has 0 bridgehead atoms. The highest BCUT2D eigenvalue weighted by Gasteiger charge is 2.20. The maximum absolute atomic E-state index is 12.9. The fraction of sp³-hybridized carbons (Fsp3) is 0.167. The lowest BCUT2D eigenvalue weighted by Crippen LogP contribution is -2.17. The number of nitrogens with one attached hydrogen (secondary N) is 1. The van der Waals surface area contributed by atoms with Gasteiger partial charge in [0.05, 0.1) is 16.8 Å². The number of phenolic OH excluding ortho intramolecular Hbond substituents is 1. The zero-order valence-electron chi connectivity index (χ0n) is 16.6. The average Bonchev–Trinajstić information content (AvgIpc) is 2.67. The molecule has 3 aromatic rings. The second-order valence-corrected chi connectivity index (χ2v) is 7.87. The smallest absolute Gasteiger partial charge is 0.337 e. The number of carboxylic acids is 1. The second kappa shape index (κ2) is 7.80. The molecule has 0 heterocycles. The summed E-state index contributed by atoms with van der Waals surface area (Å²) < 4.78 is 0. The summed E-state index contributed by atoms with van der Waals surface area (Å²) in [7, 11) is 0. The minimum absolute atomic E-state index is 0.0236. The Morgan fingerprint density at radius 3 is 2.14 bits per heavy atom. The lowest BCUT2D eigenvalue weighted by molar-refractivity contribution is 0.0698. The molecule has 5 nitrogen and oxygen atoms in total. The van der Waals surface area contributed by atoms with Crippen LogP contribution in [-0.2, 0) is 5.41 Å². The minimum Gasteiger partial charge on any atom is -0.507 e. The molecule has 29 heavy (non-hydrogen) atoms. The van der Waals surface area contributed by atoms with E-state index in [9.17, 15) is 19.8 Å². The topological polar surface area (TPSA) is 86.6 Å². The first-order chi connectivity index (χ1) is 13.7. The molecule has 1 amide bonds. The van der Waals surface area contributed by atoms with Gasteiger partial charge in [0.2, 0.25) is 0 Å².